The van der Waals surface area contributed by atoms with Gasteiger partial charge in [-0.3, -0.25) is 0 Å². The zero-order valence-electron chi connectivity index (χ0n) is 9.30. The highest BCUT2D eigenvalue weighted by Gasteiger charge is 2.12. The molecule has 0 saturated carbocycles. The predicted octanol–water partition coefficient (Wildman–Crippen LogP) is 2.25. The van der Waals surface area contributed by atoms with Crippen molar-refractivity contribution in [1.82, 2.24) is 0 Å². The summed E-state index contributed by atoms with van der Waals surface area (Å²) in [5.74, 6) is 0.976. The molecule has 0 N–H and O–H groups in total. The number of fused-ring (bicyclic) bond motifs is 2. The van der Waals surface area contributed by atoms with Crippen molar-refractivity contribution in [2.75, 3.05) is 13.4 Å². The second kappa shape index (κ2) is 5.14. The number of benzene rings is 1. The fourth-order valence-corrected chi connectivity index (χ4v) is 1.62. The van der Waals surface area contributed by atoms with Gasteiger partial charge >= 0.3 is 5.97 Å². The number of hydrogen-bond donors (Lipinski definition) is 1. The molecule has 1 aromatic rings. The van der Waals surface area contributed by atoms with E-state index in [1.807, 2.05) is 6.07 Å². The van der Waals surface area contributed by atoms with E-state index < -0.39 is 5.97 Å². The summed E-state index contributed by atoms with van der Waals surface area (Å²) in [6, 6.07) is 5.38. The molecule has 0 fully saturated rings. The fourth-order valence-electron chi connectivity index (χ4n) is 1.42. The molecule has 4 nitrogen and oxygen atoms in total. The molecule has 2 bridgehead atoms. The third-order valence-corrected chi connectivity index (χ3v) is 2.51. The number of carbonyl (C=O) groups is 1. The van der Waals surface area contributed by atoms with Gasteiger partial charge in [0.15, 0.2) is 0 Å². The molecule has 0 amide bonds. The van der Waals surface area contributed by atoms with Crippen LogP contribution in [0, 0.1) is 0 Å². The third-order valence-electron chi connectivity index (χ3n) is 2.20. The molecule has 0 radical (unpaired) electrons. The van der Waals surface area contributed by atoms with Crippen LogP contribution in [0.15, 0.2) is 23.1 Å². The maximum absolute atomic E-state index is 11.4. The van der Waals surface area contributed by atoms with Gasteiger partial charge in [0.1, 0.15) is 11.5 Å². The molecule has 0 aliphatic carbocycles. The van der Waals surface area contributed by atoms with Crippen LogP contribution in [0.2, 0.25) is 0 Å². The Bertz CT molecular complexity index is 468. The van der Waals surface area contributed by atoms with Crippen molar-refractivity contribution in [3.63, 3.8) is 0 Å². The maximum Gasteiger partial charge on any atom is 0.344 e. The van der Waals surface area contributed by atoms with Crippen LogP contribution in [0.25, 0.3) is 6.08 Å². The quantitative estimate of drug-likeness (QED) is 0.509. The molecule has 5 heteroatoms. The van der Waals surface area contributed by atoms with Crippen LogP contribution in [-0.2, 0) is 9.53 Å². The van der Waals surface area contributed by atoms with Crippen LogP contribution in [0.1, 0.15) is 12.5 Å². The van der Waals surface area contributed by atoms with Crippen molar-refractivity contribution < 1.29 is 19.0 Å². The van der Waals surface area contributed by atoms with Crippen LogP contribution < -0.4 is 9.47 Å². The van der Waals surface area contributed by atoms with E-state index in [1.54, 1.807) is 25.1 Å². The summed E-state index contributed by atoms with van der Waals surface area (Å²) in [6.07, 6.45) is 1.62. The van der Waals surface area contributed by atoms with Crippen molar-refractivity contribution in [3.05, 3.63) is 28.7 Å². The number of hydrogen-bond acceptors (Lipinski definition) is 5. The zero-order valence-corrected chi connectivity index (χ0v) is 10.2. The summed E-state index contributed by atoms with van der Waals surface area (Å²) in [5.41, 5.74) is 0.773. The molecule has 0 spiro atoms. The lowest BCUT2D eigenvalue weighted by Gasteiger charge is -2.17. The van der Waals surface area contributed by atoms with Crippen molar-refractivity contribution in [3.8, 4) is 11.5 Å². The standard InChI is InChI=1S/C12H12O4S/c1-2-14-12(13)11(17)5-8-3-4-9-6-10(8)16-7-15-9/h3-6,17H,2,7H2,1H3/b11-5-. The molecule has 0 unspecified atom stereocenters. The third kappa shape index (κ3) is 2.74. The molecule has 0 aromatic heterocycles. The first-order chi connectivity index (χ1) is 8.20. The highest BCUT2D eigenvalue weighted by Crippen LogP contribution is 2.30. The first kappa shape index (κ1) is 11.9. The second-order valence-corrected chi connectivity index (χ2v) is 3.84. The van der Waals surface area contributed by atoms with Gasteiger partial charge in [-0.1, -0.05) is 0 Å². The fraction of sp³-hybridized carbons (Fsp3) is 0.250. The zero-order chi connectivity index (χ0) is 12.3. The number of ether oxygens (including phenoxy) is 3. The van der Waals surface area contributed by atoms with E-state index in [0.29, 0.717) is 12.4 Å². The SMILES string of the molecule is CCOC(=O)/C(S)=C/c1ccc2cc1OCO2. The summed E-state index contributed by atoms with van der Waals surface area (Å²) in [7, 11) is 0. The van der Waals surface area contributed by atoms with Crippen molar-refractivity contribution in [1.29, 1.82) is 0 Å². The molecule has 1 heterocycles. The molecular weight excluding hydrogens is 240 g/mol. The minimum absolute atomic E-state index is 0.185. The van der Waals surface area contributed by atoms with Gasteiger partial charge in [0, 0.05) is 11.6 Å². The Morgan fingerprint density at radius 1 is 1.53 bits per heavy atom. The van der Waals surface area contributed by atoms with Crippen molar-refractivity contribution >= 4 is 24.7 Å². The molecule has 1 aromatic carbocycles. The van der Waals surface area contributed by atoms with E-state index in [0.717, 1.165) is 11.3 Å². The lowest BCUT2D eigenvalue weighted by molar-refractivity contribution is -0.137. The number of thiol groups is 1. The normalized spacial score (nSPS) is 13.6. The topological polar surface area (TPSA) is 44.8 Å². The number of rotatable bonds is 3. The first-order valence-corrected chi connectivity index (χ1v) is 5.63. The Morgan fingerprint density at radius 2 is 2.35 bits per heavy atom. The van der Waals surface area contributed by atoms with Gasteiger partial charge in [-0.15, -0.1) is 12.6 Å². The lowest BCUT2D eigenvalue weighted by atomic mass is 10.1. The van der Waals surface area contributed by atoms with E-state index in [-0.39, 0.29) is 11.7 Å². The van der Waals surface area contributed by atoms with Gasteiger partial charge in [0.2, 0.25) is 6.79 Å². The molecule has 1 aliphatic heterocycles. The Labute approximate surface area is 105 Å². The first-order valence-electron chi connectivity index (χ1n) is 5.18. The Hall–Kier alpha value is -1.62. The van der Waals surface area contributed by atoms with Crippen LogP contribution >= 0.6 is 12.6 Å². The van der Waals surface area contributed by atoms with Gasteiger partial charge in [0.25, 0.3) is 0 Å². The summed E-state index contributed by atoms with van der Waals surface area (Å²) in [6.45, 7) is 2.26. The van der Waals surface area contributed by atoms with Crippen LogP contribution in [0.3, 0.4) is 0 Å². The van der Waals surface area contributed by atoms with E-state index in [9.17, 15) is 4.79 Å². The molecule has 90 valence electrons. The van der Waals surface area contributed by atoms with Gasteiger partial charge in [-0.05, 0) is 25.1 Å². The Balaban J connectivity index is 2.24. The summed E-state index contributed by atoms with van der Waals surface area (Å²) in [4.78, 5) is 11.6. The molecule has 2 rings (SSSR count). The second-order valence-electron chi connectivity index (χ2n) is 3.36. The van der Waals surface area contributed by atoms with E-state index in [4.69, 9.17) is 14.2 Å². The minimum atomic E-state index is -0.445. The van der Waals surface area contributed by atoms with E-state index in [2.05, 4.69) is 12.6 Å². The molecule has 1 aliphatic rings. The average Bonchev–Trinajstić information content (AvgIpc) is 2.33. The summed E-state index contributed by atoms with van der Waals surface area (Å²) >= 11 is 4.10. The van der Waals surface area contributed by atoms with E-state index in [1.165, 1.54) is 0 Å². The number of esters is 1. The van der Waals surface area contributed by atoms with Gasteiger partial charge < -0.3 is 14.2 Å². The van der Waals surface area contributed by atoms with Gasteiger partial charge in [-0.2, -0.15) is 0 Å². The number of carbonyl (C=O) groups excluding carboxylic acids is 1. The predicted molar refractivity (Wildman–Crippen MR) is 66.2 cm³/mol. The lowest BCUT2D eigenvalue weighted by Crippen LogP contribution is -2.11. The summed E-state index contributed by atoms with van der Waals surface area (Å²) < 4.78 is 15.3. The van der Waals surface area contributed by atoms with Crippen LogP contribution in [-0.4, -0.2) is 19.4 Å². The van der Waals surface area contributed by atoms with Crippen molar-refractivity contribution in [2.24, 2.45) is 0 Å². The molecule has 0 atom stereocenters. The molecule has 0 saturated heterocycles. The molecular formula is C12H12O4S. The van der Waals surface area contributed by atoms with Crippen LogP contribution in [0.4, 0.5) is 0 Å². The Morgan fingerprint density at radius 3 is 3.12 bits per heavy atom. The van der Waals surface area contributed by atoms with Gasteiger partial charge in [-0.25, -0.2) is 4.79 Å². The van der Waals surface area contributed by atoms with Crippen LogP contribution in [0.5, 0.6) is 11.5 Å². The smallest absolute Gasteiger partial charge is 0.344 e. The Kier molecular flexibility index (Phi) is 3.58. The van der Waals surface area contributed by atoms with Gasteiger partial charge in [0.05, 0.1) is 11.5 Å². The molecule has 17 heavy (non-hydrogen) atoms. The monoisotopic (exact) mass is 252 g/mol. The maximum atomic E-state index is 11.4. The van der Waals surface area contributed by atoms with E-state index >= 15 is 0 Å². The summed E-state index contributed by atoms with van der Waals surface area (Å²) in [5, 5.41) is 0. The van der Waals surface area contributed by atoms with Crippen molar-refractivity contribution in [2.45, 2.75) is 6.92 Å². The average molecular weight is 252 g/mol. The highest BCUT2D eigenvalue weighted by molar-refractivity contribution is 7.85. The minimum Gasteiger partial charge on any atom is -0.462 e. The highest BCUT2D eigenvalue weighted by atomic mass is 32.1. The largest absolute Gasteiger partial charge is 0.462 e.